The number of hydrogen-bond acceptors (Lipinski definition) is 3. The molecule has 0 spiro atoms. The molecule has 0 atom stereocenters. The fraction of sp³-hybridized carbons (Fsp3) is 0.273. The van der Waals surface area contributed by atoms with Gasteiger partial charge in [0.05, 0.1) is 12.3 Å². The average Bonchev–Trinajstić information content (AvgIpc) is 3.15. The lowest BCUT2D eigenvalue weighted by Gasteiger charge is -2.27. The van der Waals surface area contributed by atoms with E-state index in [0.717, 1.165) is 40.9 Å². The summed E-state index contributed by atoms with van der Waals surface area (Å²) in [6.07, 6.45) is 1.67. The fourth-order valence-corrected chi connectivity index (χ4v) is 3.76. The van der Waals surface area contributed by atoms with Crippen LogP contribution in [0.1, 0.15) is 39.8 Å². The van der Waals surface area contributed by atoms with E-state index in [0.29, 0.717) is 18.7 Å². The number of nitrogens with one attached hydrogen (secondary N) is 1. The molecule has 2 N–H and O–H groups in total. The molecule has 0 saturated heterocycles. The second kappa shape index (κ2) is 7.37. The van der Waals surface area contributed by atoms with Gasteiger partial charge in [0.15, 0.2) is 0 Å². The van der Waals surface area contributed by atoms with E-state index in [-0.39, 0.29) is 12.5 Å². The first-order valence-corrected chi connectivity index (χ1v) is 9.34. The lowest BCUT2D eigenvalue weighted by Crippen LogP contribution is -2.36. The predicted molar refractivity (Wildman–Crippen MR) is 104 cm³/mol. The monoisotopic (exact) mass is 361 g/mol. The number of rotatable bonds is 4. The van der Waals surface area contributed by atoms with Crippen LogP contribution in [-0.4, -0.2) is 32.7 Å². The second-order valence-electron chi connectivity index (χ2n) is 6.85. The van der Waals surface area contributed by atoms with Crippen LogP contribution in [0.3, 0.4) is 0 Å². The van der Waals surface area contributed by atoms with Crippen molar-refractivity contribution in [3.63, 3.8) is 0 Å². The third-order valence-electron chi connectivity index (χ3n) is 5.25. The van der Waals surface area contributed by atoms with Crippen molar-refractivity contribution >= 4 is 5.91 Å². The van der Waals surface area contributed by atoms with Crippen LogP contribution in [-0.2, 0) is 26.0 Å². The molecule has 1 amide bonds. The number of carbonyl (C=O) groups excluding carboxylic acids is 1. The van der Waals surface area contributed by atoms with Crippen molar-refractivity contribution in [1.82, 2.24) is 15.1 Å². The summed E-state index contributed by atoms with van der Waals surface area (Å²) in [5.74, 6) is 0.0345. The molecular formula is C22H23N3O2. The molecule has 0 fully saturated rings. The van der Waals surface area contributed by atoms with Crippen molar-refractivity contribution in [1.29, 1.82) is 0 Å². The molecule has 0 saturated carbocycles. The lowest BCUT2D eigenvalue weighted by molar-refractivity contribution is 0.0734. The Morgan fingerprint density at radius 3 is 2.89 bits per heavy atom. The molecule has 0 radical (unpaired) electrons. The Balaban J connectivity index is 1.62. The van der Waals surface area contributed by atoms with E-state index in [1.165, 1.54) is 5.56 Å². The minimum absolute atomic E-state index is 0.0243. The zero-order chi connectivity index (χ0) is 18.8. The molecule has 27 heavy (non-hydrogen) atoms. The summed E-state index contributed by atoms with van der Waals surface area (Å²) in [5, 5.41) is 17.1. The van der Waals surface area contributed by atoms with Gasteiger partial charge >= 0.3 is 0 Å². The number of aromatic amines is 1. The highest BCUT2D eigenvalue weighted by atomic mass is 16.3. The normalized spacial score (nSPS) is 13.5. The third kappa shape index (κ3) is 3.26. The topological polar surface area (TPSA) is 69.2 Å². The molecule has 0 aliphatic carbocycles. The molecule has 3 aromatic rings. The minimum atomic E-state index is -0.0243. The molecule has 0 unspecified atom stereocenters. The smallest absolute Gasteiger partial charge is 0.254 e. The Morgan fingerprint density at radius 2 is 2.07 bits per heavy atom. The van der Waals surface area contributed by atoms with E-state index in [2.05, 4.69) is 17.1 Å². The highest BCUT2D eigenvalue weighted by Crippen LogP contribution is 2.26. The van der Waals surface area contributed by atoms with Crippen LogP contribution in [0.15, 0.2) is 48.5 Å². The van der Waals surface area contributed by atoms with Crippen LogP contribution in [0.25, 0.3) is 11.1 Å². The largest absolute Gasteiger partial charge is 0.392 e. The van der Waals surface area contributed by atoms with Gasteiger partial charge in [-0.3, -0.25) is 9.89 Å². The number of carbonyl (C=O) groups is 1. The first-order valence-electron chi connectivity index (χ1n) is 9.34. The Kier molecular flexibility index (Phi) is 4.77. The summed E-state index contributed by atoms with van der Waals surface area (Å²) < 4.78 is 0. The van der Waals surface area contributed by atoms with Crippen molar-refractivity contribution in [2.75, 3.05) is 6.54 Å². The second-order valence-corrected chi connectivity index (χ2v) is 6.85. The Hall–Kier alpha value is -2.92. The summed E-state index contributed by atoms with van der Waals surface area (Å²) >= 11 is 0. The number of aliphatic hydroxyl groups excluding tert-OH is 1. The molecule has 138 valence electrons. The number of benzene rings is 2. The third-order valence-corrected chi connectivity index (χ3v) is 5.25. The minimum Gasteiger partial charge on any atom is -0.392 e. The summed E-state index contributed by atoms with van der Waals surface area (Å²) in [7, 11) is 0. The number of H-pyrrole nitrogens is 1. The van der Waals surface area contributed by atoms with Gasteiger partial charge in [-0.25, -0.2) is 0 Å². The highest BCUT2D eigenvalue weighted by molar-refractivity contribution is 5.95. The van der Waals surface area contributed by atoms with Gasteiger partial charge in [0.1, 0.15) is 0 Å². The van der Waals surface area contributed by atoms with Crippen molar-refractivity contribution in [2.45, 2.75) is 32.9 Å². The predicted octanol–water partition coefficient (Wildman–Crippen LogP) is 3.33. The van der Waals surface area contributed by atoms with Gasteiger partial charge in [-0.05, 0) is 35.2 Å². The molecule has 1 aromatic heterocycles. The van der Waals surface area contributed by atoms with Crippen LogP contribution in [0.5, 0.6) is 0 Å². The summed E-state index contributed by atoms with van der Waals surface area (Å²) in [6, 6.07) is 15.4. The quantitative estimate of drug-likeness (QED) is 0.749. The number of hydrogen-bond donors (Lipinski definition) is 2. The maximum atomic E-state index is 13.1. The molecule has 4 rings (SSSR count). The molecule has 5 nitrogen and oxygen atoms in total. The number of nitrogens with zero attached hydrogens (tertiary/aromatic N) is 2. The van der Waals surface area contributed by atoms with Crippen molar-refractivity contribution in [3.05, 3.63) is 76.6 Å². The highest BCUT2D eigenvalue weighted by Gasteiger charge is 2.25. The number of amides is 1. The van der Waals surface area contributed by atoms with Gasteiger partial charge in [-0.2, -0.15) is 5.10 Å². The first-order chi connectivity index (χ1) is 13.2. The van der Waals surface area contributed by atoms with Gasteiger partial charge in [0.2, 0.25) is 0 Å². The number of fused-ring (bicyclic) bond motifs is 1. The van der Waals surface area contributed by atoms with Crippen LogP contribution >= 0.6 is 0 Å². The first kappa shape index (κ1) is 17.5. The zero-order valence-corrected chi connectivity index (χ0v) is 15.4. The molecule has 2 aromatic carbocycles. The van der Waals surface area contributed by atoms with E-state index in [1.54, 1.807) is 0 Å². The van der Waals surface area contributed by atoms with E-state index in [4.69, 9.17) is 0 Å². The van der Waals surface area contributed by atoms with Crippen LogP contribution in [0.4, 0.5) is 0 Å². The SMILES string of the molecule is CCc1n[nH]c2c1CN(C(=O)c1cccc(-c3ccccc3CO)c1)CC2. The van der Waals surface area contributed by atoms with Gasteiger partial charge in [-0.1, -0.05) is 43.3 Å². The van der Waals surface area contributed by atoms with Gasteiger partial charge in [0.25, 0.3) is 5.91 Å². The van der Waals surface area contributed by atoms with Gasteiger partial charge in [-0.15, -0.1) is 0 Å². The van der Waals surface area contributed by atoms with Gasteiger partial charge < -0.3 is 10.0 Å². The molecule has 2 heterocycles. The molecule has 1 aliphatic heterocycles. The number of aromatic nitrogens is 2. The van der Waals surface area contributed by atoms with Crippen LogP contribution < -0.4 is 0 Å². The lowest BCUT2D eigenvalue weighted by atomic mass is 9.97. The van der Waals surface area contributed by atoms with E-state index < -0.39 is 0 Å². The maximum absolute atomic E-state index is 13.1. The van der Waals surface area contributed by atoms with Crippen LogP contribution in [0.2, 0.25) is 0 Å². The van der Waals surface area contributed by atoms with Crippen molar-refractivity contribution < 1.29 is 9.90 Å². The standard InChI is InChI=1S/C22H23N3O2/c1-2-20-19-13-25(11-10-21(19)24-23-20)22(27)16-8-5-7-15(12-16)18-9-4-3-6-17(18)14-26/h3-9,12,26H,2,10-11,13-14H2,1H3,(H,23,24). The summed E-state index contributed by atoms with van der Waals surface area (Å²) in [4.78, 5) is 15.0. The zero-order valence-electron chi connectivity index (χ0n) is 15.4. The van der Waals surface area contributed by atoms with E-state index in [9.17, 15) is 9.90 Å². The summed E-state index contributed by atoms with van der Waals surface area (Å²) in [6.45, 7) is 3.35. The van der Waals surface area contributed by atoms with E-state index in [1.807, 2.05) is 53.4 Å². The molecular weight excluding hydrogens is 338 g/mol. The molecule has 5 heteroatoms. The molecule has 0 bridgehead atoms. The summed E-state index contributed by atoms with van der Waals surface area (Å²) in [5.41, 5.74) is 6.80. The van der Waals surface area contributed by atoms with Crippen molar-refractivity contribution in [2.24, 2.45) is 0 Å². The Labute approximate surface area is 158 Å². The molecule has 1 aliphatic rings. The Morgan fingerprint density at radius 1 is 1.22 bits per heavy atom. The van der Waals surface area contributed by atoms with E-state index >= 15 is 0 Å². The maximum Gasteiger partial charge on any atom is 0.254 e. The average molecular weight is 361 g/mol. The fourth-order valence-electron chi connectivity index (χ4n) is 3.76. The number of aryl methyl sites for hydroxylation is 1. The van der Waals surface area contributed by atoms with Gasteiger partial charge in [0, 0.05) is 36.3 Å². The van der Waals surface area contributed by atoms with Crippen molar-refractivity contribution in [3.8, 4) is 11.1 Å². The number of aliphatic hydroxyl groups is 1. The van der Waals surface area contributed by atoms with Crippen LogP contribution in [0, 0.1) is 0 Å². The Bertz CT molecular complexity index is 964.